The van der Waals surface area contributed by atoms with Crippen LogP contribution in [0, 0.1) is 0 Å². The van der Waals surface area contributed by atoms with Gasteiger partial charge in [0.2, 0.25) is 0 Å². The molecule has 0 fully saturated rings. The zero-order valence-electron chi connectivity index (χ0n) is 14.0. The molecule has 4 rings (SSSR count). The van der Waals surface area contributed by atoms with Crippen LogP contribution < -0.4 is 10.6 Å². The van der Waals surface area contributed by atoms with Crippen molar-refractivity contribution in [1.29, 1.82) is 0 Å². The van der Waals surface area contributed by atoms with E-state index in [0.29, 0.717) is 16.9 Å². The van der Waals surface area contributed by atoms with Crippen LogP contribution in [0.1, 0.15) is 36.9 Å². The molecule has 130 valence electrons. The number of nitrogens with one attached hydrogen (secondary N) is 2. The first-order valence-electron chi connectivity index (χ1n) is 8.43. The highest BCUT2D eigenvalue weighted by Crippen LogP contribution is 2.31. The van der Waals surface area contributed by atoms with Gasteiger partial charge in [0.25, 0.3) is 11.8 Å². The molecular weight excluding hydrogens is 346 g/mol. The van der Waals surface area contributed by atoms with Crippen LogP contribution in [0.5, 0.6) is 0 Å². The van der Waals surface area contributed by atoms with Crippen molar-refractivity contribution in [3.05, 3.63) is 75.7 Å². The maximum absolute atomic E-state index is 12.5. The molecule has 0 bridgehead atoms. The molecule has 0 saturated carbocycles. The van der Waals surface area contributed by atoms with Crippen LogP contribution in [0.3, 0.4) is 0 Å². The van der Waals surface area contributed by atoms with E-state index in [1.54, 1.807) is 60.1 Å². The van der Waals surface area contributed by atoms with Crippen LogP contribution >= 0.6 is 11.3 Å². The molecule has 1 aliphatic rings. The van der Waals surface area contributed by atoms with Gasteiger partial charge in [0, 0.05) is 34.2 Å². The van der Waals surface area contributed by atoms with Gasteiger partial charge in [-0.2, -0.15) is 0 Å². The lowest BCUT2D eigenvalue weighted by Gasteiger charge is -2.08. The van der Waals surface area contributed by atoms with E-state index in [2.05, 4.69) is 15.6 Å². The fraction of sp³-hybridized carbons (Fsp3) is 0.150. The van der Waals surface area contributed by atoms with E-state index < -0.39 is 0 Å². The molecule has 1 aromatic carbocycles. The average molecular weight is 363 g/mol. The lowest BCUT2D eigenvalue weighted by Crippen LogP contribution is -2.14. The Morgan fingerprint density at radius 3 is 2.54 bits per heavy atom. The number of carbonyl (C=O) groups excluding carboxylic acids is 2. The number of hydrogen-bond donors (Lipinski definition) is 2. The summed E-state index contributed by atoms with van der Waals surface area (Å²) >= 11 is 1.56. The number of aryl methyl sites for hydroxylation is 2. The first-order chi connectivity index (χ1) is 12.7. The molecular formula is C20H17N3O2S. The number of benzene rings is 1. The van der Waals surface area contributed by atoms with Gasteiger partial charge in [-0.15, -0.1) is 11.3 Å². The van der Waals surface area contributed by atoms with E-state index in [9.17, 15) is 9.59 Å². The topological polar surface area (TPSA) is 71.1 Å². The second kappa shape index (κ2) is 7.09. The maximum atomic E-state index is 12.5. The third-order valence-corrected chi connectivity index (χ3v) is 5.53. The SMILES string of the molecule is O=C(Nc1ccncc1)c1cccc(NC(=O)c2cc3c(s2)CCC3)c1. The minimum atomic E-state index is -0.234. The predicted molar refractivity (Wildman–Crippen MR) is 103 cm³/mol. The van der Waals surface area contributed by atoms with Crippen molar-refractivity contribution in [3.63, 3.8) is 0 Å². The first-order valence-corrected chi connectivity index (χ1v) is 9.25. The van der Waals surface area contributed by atoms with Crippen LogP contribution in [0.25, 0.3) is 0 Å². The zero-order chi connectivity index (χ0) is 17.9. The van der Waals surface area contributed by atoms with E-state index in [1.807, 2.05) is 6.07 Å². The molecule has 1 aliphatic carbocycles. The normalized spacial score (nSPS) is 12.5. The quantitative estimate of drug-likeness (QED) is 0.732. The third-order valence-electron chi connectivity index (χ3n) is 4.29. The number of nitrogens with zero attached hydrogens (tertiary/aromatic N) is 1. The van der Waals surface area contributed by atoms with Crippen molar-refractivity contribution in [1.82, 2.24) is 4.98 Å². The molecule has 0 aliphatic heterocycles. The van der Waals surface area contributed by atoms with Crippen LogP contribution in [-0.4, -0.2) is 16.8 Å². The maximum Gasteiger partial charge on any atom is 0.265 e. The van der Waals surface area contributed by atoms with Crippen molar-refractivity contribution < 1.29 is 9.59 Å². The van der Waals surface area contributed by atoms with Gasteiger partial charge in [-0.3, -0.25) is 14.6 Å². The number of pyridine rings is 1. The Morgan fingerprint density at radius 1 is 0.923 bits per heavy atom. The summed E-state index contributed by atoms with van der Waals surface area (Å²) in [4.78, 5) is 30.8. The number of aromatic nitrogens is 1. The number of amides is 2. The largest absolute Gasteiger partial charge is 0.322 e. The number of fused-ring (bicyclic) bond motifs is 1. The van der Waals surface area contributed by atoms with Gasteiger partial charge in [0.05, 0.1) is 4.88 Å². The molecule has 2 N–H and O–H groups in total. The van der Waals surface area contributed by atoms with Crippen LogP contribution in [0.2, 0.25) is 0 Å². The van der Waals surface area contributed by atoms with Crippen molar-refractivity contribution in [3.8, 4) is 0 Å². The van der Waals surface area contributed by atoms with E-state index in [4.69, 9.17) is 0 Å². The Morgan fingerprint density at radius 2 is 1.73 bits per heavy atom. The van der Waals surface area contributed by atoms with Gasteiger partial charge >= 0.3 is 0 Å². The molecule has 0 spiro atoms. The summed E-state index contributed by atoms with van der Waals surface area (Å²) in [6, 6.07) is 12.4. The third kappa shape index (κ3) is 3.50. The number of anilines is 2. The Bertz CT molecular complexity index is 945. The van der Waals surface area contributed by atoms with Crippen molar-refractivity contribution in [2.45, 2.75) is 19.3 Å². The Balaban J connectivity index is 1.46. The molecule has 0 unspecified atom stereocenters. The van der Waals surface area contributed by atoms with Gasteiger partial charge in [0.15, 0.2) is 0 Å². The zero-order valence-corrected chi connectivity index (χ0v) is 14.8. The second-order valence-corrected chi connectivity index (χ2v) is 7.27. The van der Waals surface area contributed by atoms with Crippen molar-refractivity contribution in [2.75, 3.05) is 10.6 Å². The number of hydrogen-bond acceptors (Lipinski definition) is 4. The second-order valence-electron chi connectivity index (χ2n) is 6.14. The van der Waals surface area contributed by atoms with E-state index in [1.165, 1.54) is 16.9 Å². The summed E-state index contributed by atoms with van der Waals surface area (Å²) in [5.41, 5.74) is 3.05. The molecule has 5 nitrogen and oxygen atoms in total. The molecule has 0 radical (unpaired) electrons. The minimum Gasteiger partial charge on any atom is -0.322 e. The summed E-state index contributed by atoms with van der Waals surface area (Å²) in [5.74, 6) is -0.363. The predicted octanol–water partition coefficient (Wildman–Crippen LogP) is 4.14. The lowest BCUT2D eigenvalue weighted by atomic mass is 10.2. The van der Waals surface area contributed by atoms with Crippen molar-refractivity contribution >= 4 is 34.5 Å². The summed E-state index contributed by atoms with van der Waals surface area (Å²) in [7, 11) is 0. The van der Waals surface area contributed by atoms with E-state index in [0.717, 1.165) is 17.7 Å². The molecule has 2 heterocycles. The molecule has 0 atom stereocenters. The summed E-state index contributed by atoms with van der Waals surface area (Å²) in [6.07, 6.45) is 6.54. The van der Waals surface area contributed by atoms with Crippen molar-refractivity contribution in [2.24, 2.45) is 0 Å². The monoisotopic (exact) mass is 363 g/mol. The Kier molecular flexibility index (Phi) is 4.50. The standard InChI is InChI=1S/C20H17N3O2S/c24-19(22-15-7-9-21-10-8-15)14-4-1-5-16(11-14)23-20(25)18-12-13-3-2-6-17(13)26-18/h1,4-5,7-12H,2-3,6H2,(H,23,25)(H,21,22,24). The molecule has 2 aromatic heterocycles. The van der Waals surface area contributed by atoms with Gasteiger partial charge in [-0.25, -0.2) is 0 Å². The minimum absolute atomic E-state index is 0.129. The van der Waals surface area contributed by atoms with Gasteiger partial charge < -0.3 is 10.6 Å². The molecule has 26 heavy (non-hydrogen) atoms. The fourth-order valence-electron chi connectivity index (χ4n) is 3.01. The summed E-state index contributed by atoms with van der Waals surface area (Å²) < 4.78 is 0. The molecule has 0 saturated heterocycles. The molecule has 3 aromatic rings. The molecule has 6 heteroatoms. The van der Waals surface area contributed by atoms with Gasteiger partial charge in [-0.05, 0) is 61.2 Å². The lowest BCUT2D eigenvalue weighted by molar-refractivity contribution is 0.101. The summed E-state index contributed by atoms with van der Waals surface area (Å²) in [6.45, 7) is 0. The van der Waals surface area contributed by atoms with Gasteiger partial charge in [-0.1, -0.05) is 6.07 Å². The van der Waals surface area contributed by atoms with E-state index in [-0.39, 0.29) is 11.8 Å². The van der Waals surface area contributed by atoms with E-state index >= 15 is 0 Å². The highest BCUT2D eigenvalue weighted by molar-refractivity contribution is 7.14. The smallest absolute Gasteiger partial charge is 0.265 e. The first kappa shape index (κ1) is 16.5. The van der Waals surface area contributed by atoms with Crippen LogP contribution in [0.15, 0.2) is 54.9 Å². The van der Waals surface area contributed by atoms with Gasteiger partial charge in [0.1, 0.15) is 0 Å². The van der Waals surface area contributed by atoms with Crippen LogP contribution in [-0.2, 0) is 12.8 Å². The Labute approximate surface area is 155 Å². The highest BCUT2D eigenvalue weighted by Gasteiger charge is 2.18. The molecule has 2 amide bonds. The number of rotatable bonds is 4. The fourth-order valence-corrected chi connectivity index (χ4v) is 4.16. The summed E-state index contributed by atoms with van der Waals surface area (Å²) in [5, 5.41) is 5.69. The average Bonchev–Trinajstić information content (AvgIpc) is 3.25. The Hall–Kier alpha value is -2.99. The number of carbonyl (C=O) groups is 2. The highest BCUT2D eigenvalue weighted by atomic mass is 32.1. The number of thiophene rings is 1. The van der Waals surface area contributed by atoms with Crippen LogP contribution in [0.4, 0.5) is 11.4 Å².